The van der Waals surface area contributed by atoms with Crippen LogP contribution in [0.1, 0.15) is 37.7 Å². The highest BCUT2D eigenvalue weighted by Crippen LogP contribution is 2.29. The Bertz CT molecular complexity index is 743. The van der Waals surface area contributed by atoms with Crippen LogP contribution in [-0.2, 0) is 11.3 Å². The fourth-order valence-electron chi connectivity index (χ4n) is 3.13. The first kappa shape index (κ1) is 21.1. The first-order chi connectivity index (χ1) is 12.6. The van der Waals surface area contributed by atoms with E-state index in [4.69, 9.17) is 28.5 Å². The summed E-state index contributed by atoms with van der Waals surface area (Å²) in [6.07, 6.45) is -0.161. The Kier molecular flexibility index (Phi) is 6.75. The van der Waals surface area contributed by atoms with E-state index in [0.717, 1.165) is 32.1 Å². The van der Waals surface area contributed by atoms with E-state index in [-0.39, 0.29) is 12.6 Å². The predicted octanol–water partition coefficient (Wildman–Crippen LogP) is 4.01. The van der Waals surface area contributed by atoms with Gasteiger partial charge in [0.15, 0.2) is 0 Å². The minimum Gasteiger partial charge on any atom is -0.398 e. The molecule has 0 radical (unpaired) electrons. The lowest BCUT2D eigenvalue weighted by molar-refractivity contribution is -0.130. The Morgan fingerprint density at radius 1 is 1.30 bits per heavy atom. The molecule has 5 nitrogen and oxygen atoms in total. The van der Waals surface area contributed by atoms with Gasteiger partial charge in [0.05, 0.1) is 16.4 Å². The molecular weight excluding hydrogens is 381 g/mol. The van der Waals surface area contributed by atoms with Gasteiger partial charge >= 0.3 is 6.18 Å². The van der Waals surface area contributed by atoms with Crippen molar-refractivity contribution in [2.24, 2.45) is 5.73 Å². The van der Waals surface area contributed by atoms with Crippen LogP contribution >= 0.6 is 11.6 Å². The summed E-state index contributed by atoms with van der Waals surface area (Å²) in [4.78, 5) is 14.2. The number of benzene rings is 1. The third-order valence-electron chi connectivity index (χ3n) is 4.58. The molecule has 2 rings (SSSR count). The Labute approximate surface area is 160 Å². The molecule has 0 aromatic heterocycles. The number of carbonyl (C=O) groups excluding carboxylic acids is 1. The maximum atomic E-state index is 12.8. The van der Waals surface area contributed by atoms with E-state index in [0.29, 0.717) is 22.3 Å². The summed E-state index contributed by atoms with van der Waals surface area (Å²) in [6.45, 7) is 0.0846. The number of nitrogen functional groups attached to an aromatic ring is 1. The quantitative estimate of drug-likeness (QED) is 0.394. The van der Waals surface area contributed by atoms with Crippen LogP contribution in [0.5, 0.6) is 0 Å². The zero-order valence-electron chi connectivity index (χ0n) is 14.7. The largest absolute Gasteiger partial charge is 0.432 e. The van der Waals surface area contributed by atoms with Crippen molar-refractivity contribution in [1.82, 2.24) is 4.90 Å². The number of rotatable bonds is 5. The van der Waals surface area contributed by atoms with Crippen LogP contribution in [0, 0.1) is 5.41 Å². The number of nitrogens with one attached hydrogen (secondary N) is 1. The highest BCUT2D eigenvalue weighted by Gasteiger charge is 2.34. The molecule has 1 fully saturated rings. The number of amides is 1. The molecular formula is C18H22ClF3N4O. The molecule has 0 aliphatic heterocycles. The molecule has 0 bridgehead atoms. The molecule has 1 aromatic rings. The summed E-state index contributed by atoms with van der Waals surface area (Å²) in [5.74, 6) is -0.741. The van der Waals surface area contributed by atoms with E-state index in [2.05, 4.69) is 0 Å². The molecule has 0 heterocycles. The number of allylic oxidation sites excluding steroid dienone is 1. The zero-order valence-corrected chi connectivity index (χ0v) is 15.4. The van der Waals surface area contributed by atoms with Gasteiger partial charge in [0.1, 0.15) is 5.71 Å². The SMILES string of the molecule is N=C(/C=C(\N)C(=O)N(Cc1cccc(N)c1Cl)C1CCCCC1)C(F)(F)F. The van der Waals surface area contributed by atoms with E-state index in [1.807, 2.05) is 0 Å². The fourth-order valence-corrected chi connectivity index (χ4v) is 3.32. The molecule has 9 heteroatoms. The first-order valence-electron chi connectivity index (χ1n) is 8.58. The second-order valence-corrected chi connectivity index (χ2v) is 6.93. The lowest BCUT2D eigenvalue weighted by atomic mass is 9.93. The molecule has 0 spiro atoms. The third kappa shape index (κ3) is 5.38. The van der Waals surface area contributed by atoms with Gasteiger partial charge < -0.3 is 16.4 Å². The number of halogens is 4. The highest BCUT2D eigenvalue weighted by atomic mass is 35.5. The number of anilines is 1. The molecule has 1 aliphatic rings. The Hall–Kier alpha value is -2.22. The zero-order chi connectivity index (χ0) is 20.2. The van der Waals surface area contributed by atoms with Crippen LogP contribution in [0.15, 0.2) is 30.0 Å². The van der Waals surface area contributed by atoms with E-state index in [1.165, 1.54) is 4.90 Å². The number of hydrogen-bond donors (Lipinski definition) is 3. The lowest BCUT2D eigenvalue weighted by Crippen LogP contribution is -2.43. The van der Waals surface area contributed by atoms with E-state index >= 15 is 0 Å². The molecule has 1 amide bonds. The van der Waals surface area contributed by atoms with Gasteiger partial charge in [0.2, 0.25) is 0 Å². The predicted molar refractivity (Wildman–Crippen MR) is 99.3 cm³/mol. The molecule has 1 aromatic carbocycles. The van der Waals surface area contributed by atoms with Crippen molar-refractivity contribution in [3.8, 4) is 0 Å². The lowest BCUT2D eigenvalue weighted by Gasteiger charge is -2.35. The summed E-state index contributed by atoms with van der Waals surface area (Å²) in [7, 11) is 0. The summed E-state index contributed by atoms with van der Waals surface area (Å²) >= 11 is 6.21. The summed E-state index contributed by atoms with van der Waals surface area (Å²) < 4.78 is 37.8. The van der Waals surface area contributed by atoms with Gasteiger partial charge in [-0.05, 0) is 30.5 Å². The normalized spacial score (nSPS) is 16.2. The highest BCUT2D eigenvalue weighted by molar-refractivity contribution is 6.33. The molecule has 1 aliphatic carbocycles. The van der Waals surface area contributed by atoms with Crippen LogP contribution in [0.3, 0.4) is 0 Å². The van der Waals surface area contributed by atoms with Crippen molar-refractivity contribution in [3.63, 3.8) is 0 Å². The van der Waals surface area contributed by atoms with E-state index < -0.39 is 23.5 Å². The van der Waals surface area contributed by atoms with Crippen molar-refractivity contribution in [3.05, 3.63) is 40.6 Å². The van der Waals surface area contributed by atoms with Gasteiger partial charge in [-0.1, -0.05) is 43.0 Å². The smallest absolute Gasteiger partial charge is 0.398 e. The number of nitrogens with zero attached hydrogens (tertiary/aromatic N) is 1. The Morgan fingerprint density at radius 2 is 1.93 bits per heavy atom. The molecule has 0 saturated heterocycles. The van der Waals surface area contributed by atoms with Crippen molar-refractivity contribution in [2.45, 2.75) is 50.9 Å². The number of alkyl halides is 3. The molecule has 0 atom stereocenters. The molecule has 5 N–H and O–H groups in total. The van der Waals surface area contributed by atoms with Gasteiger partial charge in [-0.15, -0.1) is 0 Å². The second kappa shape index (κ2) is 8.65. The van der Waals surface area contributed by atoms with Gasteiger partial charge in [-0.25, -0.2) is 0 Å². The van der Waals surface area contributed by atoms with Crippen LogP contribution in [0.25, 0.3) is 0 Å². The maximum Gasteiger partial charge on any atom is 0.432 e. The van der Waals surface area contributed by atoms with E-state index in [9.17, 15) is 18.0 Å². The van der Waals surface area contributed by atoms with Crippen LogP contribution < -0.4 is 11.5 Å². The minimum atomic E-state index is -4.86. The standard InChI is InChI=1S/C18H22ClF3N4O/c19-16-11(5-4-8-13(16)23)10-26(12-6-2-1-3-7-12)17(27)14(24)9-15(25)18(20,21)22/h4-5,8-9,12,25H,1-3,6-7,10,23-24H2/b14-9-,25-15?. The molecule has 148 valence electrons. The van der Waals surface area contributed by atoms with Gasteiger partial charge in [0.25, 0.3) is 5.91 Å². The second-order valence-electron chi connectivity index (χ2n) is 6.56. The van der Waals surface area contributed by atoms with Gasteiger partial charge in [-0.2, -0.15) is 13.2 Å². The number of hydrogen-bond acceptors (Lipinski definition) is 4. The topological polar surface area (TPSA) is 96.2 Å². The van der Waals surface area contributed by atoms with E-state index in [1.54, 1.807) is 18.2 Å². The van der Waals surface area contributed by atoms with Gasteiger partial charge in [0, 0.05) is 12.6 Å². The summed E-state index contributed by atoms with van der Waals surface area (Å²) in [5, 5.41) is 7.35. The number of carbonyl (C=O) groups is 1. The Morgan fingerprint density at radius 3 is 2.52 bits per heavy atom. The average molecular weight is 403 g/mol. The van der Waals surface area contributed by atoms with Crippen molar-refractivity contribution in [1.29, 1.82) is 5.41 Å². The first-order valence-corrected chi connectivity index (χ1v) is 8.95. The molecule has 0 unspecified atom stereocenters. The monoisotopic (exact) mass is 402 g/mol. The van der Waals surface area contributed by atoms with Crippen molar-refractivity contribution < 1.29 is 18.0 Å². The van der Waals surface area contributed by atoms with Crippen LogP contribution in [0.2, 0.25) is 5.02 Å². The summed E-state index contributed by atoms with van der Waals surface area (Å²) in [5.41, 5.74) is 10.1. The number of nitrogens with two attached hydrogens (primary N) is 2. The average Bonchev–Trinajstić information content (AvgIpc) is 2.62. The minimum absolute atomic E-state index is 0.0846. The third-order valence-corrected chi connectivity index (χ3v) is 5.04. The maximum absolute atomic E-state index is 12.8. The molecule has 27 heavy (non-hydrogen) atoms. The van der Waals surface area contributed by atoms with Crippen LogP contribution in [-0.4, -0.2) is 28.7 Å². The van der Waals surface area contributed by atoms with Crippen molar-refractivity contribution >= 4 is 28.9 Å². The van der Waals surface area contributed by atoms with Crippen molar-refractivity contribution in [2.75, 3.05) is 5.73 Å². The summed E-state index contributed by atoms with van der Waals surface area (Å²) in [6, 6.07) is 4.87. The molecule has 1 saturated carbocycles. The van der Waals surface area contributed by atoms with Gasteiger partial charge in [-0.3, -0.25) is 10.2 Å². The fraction of sp³-hybridized carbons (Fsp3) is 0.444. The Balaban J connectivity index is 2.31. The van der Waals surface area contributed by atoms with Crippen LogP contribution in [0.4, 0.5) is 18.9 Å².